The number of imidazole rings is 1. The second-order valence-corrected chi connectivity index (χ2v) is 9.78. The van der Waals surface area contributed by atoms with E-state index >= 15 is 0 Å². The molecule has 0 aliphatic rings. The van der Waals surface area contributed by atoms with Crippen molar-refractivity contribution in [2.45, 2.75) is 19.1 Å². The van der Waals surface area contributed by atoms with Gasteiger partial charge in [0.2, 0.25) is 0 Å². The summed E-state index contributed by atoms with van der Waals surface area (Å²) >= 11 is -0.378. The Bertz CT molecular complexity index is 1170. The molecular weight excluding hydrogens is 411 g/mol. The van der Waals surface area contributed by atoms with E-state index in [9.17, 15) is 4.79 Å². The molecule has 0 bridgehead atoms. The summed E-state index contributed by atoms with van der Waals surface area (Å²) in [5.74, 6) is 0.568. The molecular formula is C22H23AsN4O. The Morgan fingerprint density at radius 2 is 2.00 bits per heavy atom. The van der Waals surface area contributed by atoms with Gasteiger partial charge in [0.15, 0.2) is 0 Å². The van der Waals surface area contributed by atoms with E-state index in [4.69, 9.17) is 9.97 Å². The number of fused-ring (bicyclic) bond motifs is 3. The number of aromatic nitrogens is 3. The molecule has 5 nitrogen and oxygen atoms in total. The number of nitrogens with zero attached hydrogens (tertiary/aromatic N) is 3. The molecule has 0 aliphatic carbocycles. The van der Waals surface area contributed by atoms with E-state index in [-0.39, 0.29) is 21.7 Å². The maximum atomic E-state index is 12.1. The Labute approximate surface area is 170 Å². The number of rotatable bonds is 5. The summed E-state index contributed by atoms with van der Waals surface area (Å²) in [4.78, 5) is 21.8. The predicted octanol–water partition coefficient (Wildman–Crippen LogP) is 3.05. The molecule has 28 heavy (non-hydrogen) atoms. The molecule has 0 radical (unpaired) electrons. The summed E-state index contributed by atoms with van der Waals surface area (Å²) in [5.41, 5.74) is 5.56. The van der Waals surface area contributed by atoms with E-state index < -0.39 is 0 Å². The summed E-state index contributed by atoms with van der Waals surface area (Å²) in [7, 11) is 1.65. The van der Waals surface area contributed by atoms with Crippen molar-refractivity contribution in [2.75, 3.05) is 7.05 Å². The van der Waals surface area contributed by atoms with E-state index in [1.54, 1.807) is 7.05 Å². The van der Waals surface area contributed by atoms with Crippen LogP contribution in [-0.2, 0) is 0 Å². The molecule has 1 amide bonds. The Balaban J connectivity index is 1.94. The molecule has 4 rings (SSSR count). The first-order chi connectivity index (χ1) is 13.6. The number of benzene rings is 2. The second kappa shape index (κ2) is 7.76. The van der Waals surface area contributed by atoms with E-state index in [0.717, 1.165) is 32.4 Å². The van der Waals surface area contributed by atoms with Crippen molar-refractivity contribution in [1.82, 2.24) is 19.7 Å². The molecule has 6 heteroatoms. The number of carbonyl (C=O) groups excluding carboxylic acids is 1. The summed E-state index contributed by atoms with van der Waals surface area (Å²) in [6.07, 6.45) is 1.90. The summed E-state index contributed by atoms with van der Waals surface area (Å²) in [6, 6.07) is 15.9. The van der Waals surface area contributed by atoms with E-state index in [2.05, 4.69) is 35.7 Å². The van der Waals surface area contributed by atoms with Gasteiger partial charge in [-0.05, 0) is 0 Å². The van der Waals surface area contributed by atoms with Gasteiger partial charge in [0.25, 0.3) is 0 Å². The van der Waals surface area contributed by atoms with E-state index in [1.165, 1.54) is 5.21 Å². The molecule has 0 spiro atoms. The van der Waals surface area contributed by atoms with Crippen molar-refractivity contribution >= 4 is 42.8 Å². The third-order valence-corrected chi connectivity index (χ3v) is 8.20. The first kappa shape index (κ1) is 18.7. The Hall–Kier alpha value is -2.65. The van der Waals surface area contributed by atoms with Crippen molar-refractivity contribution in [3.63, 3.8) is 0 Å². The van der Waals surface area contributed by atoms with Crippen molar-refractivity contribution < 1.29 is 4.79 Å². The normalized spacial score (nSPS) is 11.9. The van der Waals surface area contributed by atoms with Gasteiger partial charge < -0.3 is 0 Å². The quantitative estimate of drug-likeness (QED) is 0.492. The van der Waals surface area contributed by atoms with Crippen LogP contribution in [0, 0.1) is 5.92 Å². The molecule has 1 atom stereocenters. The third-order valence-electron chi connectivity index (χ3n) is 4.65. The molecule has 4 aromatic rings. The topological polar surface area (TPSA) is 59.3 Å². The minimum absolute atomic E-state index is 0.0912. The number of carbonyl (C=O) groups is 1. The zero-order chi connectivity index (χ0) is 19.7. The minimum atomic E-state index is -0.378. The number of amides is 1. The standard InChI is InChI=1S/C22H23AsN4O/c1-14(2)12-23-20-21-25-13-19(15-7-6-8-16(11-15)22(28)24-3)27(21)18-10-5-4-9-17(18)26-20/h4-11,13-14,23H,12H2,1-3H3,(H,24,28). The van der Waals surface area contributed by atoms with Crippen molar-refractivity contribution in [3.05, 3.63) is 60.3 Å². The number of hydrogen-bond donors (Lipinski definition) is 1. The first-order valence-corrected chi connectivity index (χ1v) is 11.9. The molecule has 1 N–H and O–H groups in total. The van der Waals surface area contributed by atoms with Crippen LogP contribution in [0.1, 0.15) is 24.2 Å². The molecule has 2 aromatic carbocycles. The average molecular weight is 434 g/mol. The second-order valence-electron chi connectivity index (χ2n) is 7.19. The molecule has 0 saturated carbocycles. The van der Waals surface area contributed by atoms with Crippen LogP contribution in [0.4, 0.5) is 0 Å². The Morgan fingerprint density at radius 3 is 2.79 bits per heavy atom. The zero-order valence-corrected chi connectivity index (χ0v) is 18.3. The first-order valence-electron chi connectivity index (χ1n) is 9.41. The van der Waals surface area contributed by atoms with E-state index in [0.29, 0.717) is 11.5 Å². The molecule has 2 aromatic heterocycles. The number of nitrogens with one attached hydrogen (secondary N) is 1. The van der Waals surface area contributed by atoms with Gasteiger partial charge >= 0.3 is 171 Å². The zero-order valence-electron chi connectivity index (χ0n) is 16.2. The maximum absolute atomic E-state index is 12.1. The van der Waals surface area contributed by atoms with Crippen LogP contribution in [0.5, 0.6) is 0 Å². The van der Waals surface area contributed by atoms with Crippen molar-refractivity contribution in [3.8, 4) is 11.3 Å². The van der Waals surface area contributed by atoms with Crippen molar-refractivity contribution in [2.24, 2.45) is 5.92 Å². The molecule has 1 unspecified atom stereocenters. The molecule has 142 valence electrons. The van der Waals surface area contributed by atoms with Crippen molar-refractivity contribution in [1.29, 1.82) is 0 Å². The monoisotopic (exact) mass is 434 g/mol. The Kier molecular flexibility index (Phi) is 5.18. The van der Waals surface area contributed by atoms with Gasteiger partial charge in [-0.2, -0.15) is 0 Å². The van der Waals surface area contributed by atoms with Gasteiger partial charge in [0.1, 0.15) is 0 Å². The fraction of sp³-hybridized carbons (Fsp3) is 0.227. The summed E-state index contributed by atoms with van der Waals surface area (Å²) in [6.45, 7) is 4.51. The number of hydrogen-bond acceptors (Lipinski definition) is 3. The average Bonchev–Trinajstić information content (AvgIpc) is 3.17. The van der Waals surface area contributed by atoms with Crippen LogP contribution in [0.15, 0.2) is 54.7 Å². The molecule has 0 fully saturated rings. The third kappa shape index (κ3) is 3.43. The van der Waals surface area contributed by atoms with Gasteiger partial charge in [0, 0.05) is 0 Å². The predicted molar refractivity (Wildman–Crippen MR) is 116 cm³/mol. The van der Waals surface area contributed by atoms with Gasteiger partial charge in [-0.25, -0.2) is 0 Å². The summed E-state index contributed by atoms with van der Waals surface area (Å²) in [5, 5.41) is 3.88. The van der Waals surface area contributed by atoms with Crippen LogP contribution >= 0.6 is 0 Å². The van der Waals surface area contributed by atoms with Gasteiger partial charge in [-0.1, -0.05) is 0 Å². The van der Waals surface area contributed by atoms with Crippen LogP contribution in [0.2, 0.25) is 5.21 Å². The Morgan fingerprint density at radius 1 is 1.18 bits per heavy atom. The van der Waals surface area contributed by atoms with Gasteiger partial charge in [-0.3, -0.25) is 0 Å². The van der Waals surface area contributed by atoms with E-state index in [1.807, 2.05) is 42.6 Å². The van der Waals surface area contributed by atoms with Gasteiger partial charge in [0.05, 0.1) is 0 Å². The number of para-hydroxylation sites is 2. The van der Waals surface area contributed by atoms with Crippen LogP contribution in [-0.4, -0.2) is 43.1 Å². The SMILES string of the molecule is CNC(=O)c1cccc(-c2cnc3c([AsH]CC(C)C)nc4ccccc4n23)c1. The fourth-order valence-corrected chi connectivity index (χ4v) is 5.65. The van der Waals surface area contributed by atoms with Gasteiger partial charge in [-0.15, -0.1) is 0 Å². The van der Waals surface area contributed by atoms with Crippen LogP contribution < -0.4 is 9.80 Å². The molecule has 0 aliphatic heterocycles. The summed E-state index contributed by atoms with van der Waals surface area (Å²) < 4.78 is 3.34. The van der Waals surface area contributed by atoms with Crippen LogP contribution in [0.25, 0.3) is 27.9 Å². The van der Waals surface area contributed by atoms with Crippen LogP contribution in [0.3, 0.4) is 0 Å². The fourth-order valence-electron chi connectivity index (χ4n) is 3.27. The molecule has 2 heterocycles. The molecule has 0 saturated heterocycles.